The van der Waals surface area contributed by atoms with E-state index in [2.05, 4.69) is 33.8 Å². The third-order valence-corrected chi connectivity index (χ3v) is 3.83. The second-order valence-electron chi connectivity index (χ2n) is 5.35. The number of hydrazine groups is 1. The monoisotopic (exact) mass is 284 g/mol. The van der Waals surface area contributed by atoms with Gasteiger partial charge in [-0.1, -0.05) is 18.2 Å². The normalized spacial score (nSPS) is 13.0. The van der Waals surface area contributed by atoms with Crippen molar-refractivity contribution >= 4 is 10.9 Å². The van der Waals surface area contributed by atoms with Gasteiger partial charge in [0.2, 0.25) is 0 Å². The fraction of sp³-hybridized carbons (Fsp3) is 0.333. The van der Waals surface area contributed by atoms with Crippen molar-refractivity contribution in [3.8, 4) is 0 Å². The fourth-order valence-corrected chi connectivity index (χ4v) is 2.80. The molecule has 0 amide bonds. The Kier molecular flexibility index (Phi) is 3.48. The molecule has 1 aromatic carbocycles. The molecule has 110 valence electrons. The summed E-state index contributed by atoms with van der Waals surface area (Å²) < 4.78 is 3.79. The van der Waals surface area contributed by atoms with Crippen LogP contribution in [0.5, 0.6) is 0 Å². The Labute approximate surface area is 123 Å². The third-order valence-electron chi connectivity index (χ3n) is 3.83. The van der Waals surface area contributed by atoms with Crippen LogP contribution in [0.25, 0.3) is 10.9 Å². The number of nitrogens with zero attached hydrogens (tertiary/aromatic N) is 4. The maximum atomic E-state index is 5.78. The summed E-state index contributed by atoms with van der Waals surface area (Å²) in [6, 6.07) is 10.2. The van der Waals surface area contributed by atoms with E-state index >= 15 is 0 Å². The van der Waals surface area contributed by atoms with Crippen molar-refractivity contribution in [2.75, 3.05) is 0 Å². The highest BCUT2D eigenvalue weighted by Crippen LogP contribution is 2.25. The molecule has 0 spiro atoms. The van der Waals surface area contributed by atoms with Crippen LogP contribution in [0, 0.1) is 6.92 Å². The quantitative estimate of drug-likeness (QED) is 0.560. The highest BCUT2D eigenvalue weighted by atomic mass is 15.3. The zero-order chi connectivity index (χ0) is 15.0. The number of nitrogens with one attached hydrogen (secondary N) is 1. The minimum Gasteiger partial charge on any atom is -0.272 e. The predicted octanol–water partition coefficient (Wildman–Crippen LogP) is 1.36. The lowest BCUT2D eigenvalue weighted by Gasteiger charge is -2.14. The lowest BCUT2D eigenvalue weighted by atomic mass is 10.0. The smallest absolute Gasteiger partial charge is 0.0890 e. The van der Waals surface area contributed by atoms with E-state index in [9.17, 15) is 0 Å². The van der Waals surface area contributed by atoms with Crippen LogP contribution in [0.3, 0.4) is 0 Å². The first-order valence-corrected chi connectivity index (χ1v) is 6.97. The van der Waals surface area contributed by atoms with Gasteiger partial charge in [0.15, 0.2) is 0 Å². The Morgan fingerprint density at radius 3 is 2.62 bits per heavy atom. The number of aromatic nitrogens is 4. The molecule has 1 atom stereocenters. The first-order valence-electron chi connectivity index (χ1n) is 6.97. The van der Waals surface area contributed by atoms with Crippen molar-refractivity contribution < 1.29 is 0 Å². The zero-order valence-corrected chi connectivity index (χ0v) is 12.5. The number of fused-ring (bicyclic) bond motifs is 1. The highest BCUT2D eigenvalue weighted by molar-refractivity contribution is 5.82. The van der Waals surface area contributed by atoms with Crippen LogP contribution in [0.2, 0.25) is 0 Å². The molecule has 6 heteroatoms. The van der Waals surface area contributed by atoms with Crippen molar-refractivity contribution in [1.82, 2.24) is 25.0 Å². The van der Waals surface area contributed by atoms with Crippen LogP contribution < -0.4 is 11.3 Å². The summed E-state index contributed by atoms with van der Waals surface area (Å²) in [7, 11) is 3.90. The lowest BCUT2D eigenvalue weighted by molar-refractivity contribution is 0.514. The summed E-state index contributed by atoms with van der Waals surface area (Å²) in [5.41, 5.74) is 7.10. The number of rotatable bonds is 4. The minimum absolute atomic E-state index is 0.0501. The molecule has 0 saturated carbocycles. The number of aryl methyl sites for hydroxylation is 3. The predicted molar refractivity (Wildman–Crippen MR) is 82.4 cm³/mol. The number of para-hydroxylation sites is 1. The van der Waals surface area contributed by atoms with Gasteiger partial charge < -0.3 is 0 Å². The molecule has 0 aliphatic heterocycles. The molecule has 3 N–H and O–H groups in total. The first-order chi connectivity index (χ1) is 10.1. The fourth-order valence-electron chi connectivity index (χ4n) is 2.80. The highest BCUT2D eigenvalue weighted by Gasteiger charge is 2.19. The lowest BCUT2D eigenvalue weighted by Crippen LogP contribution is -2.30. The minimum atomic E-state index is -0.0501. The molecule has 0 fully saturated rings. The maximum Gasteiger partial charge on any atom is 0.0890 e. The summed E-state index contributed by atoms with van der Waals surface area (Å²) in [5, 5.41) is 10.1. The molecule has 2 aromatic heterocycles. The van der Waals surface area contributed by atoms with Gasteiger partial charge in [-0.15, -0.1) is 0 Å². The van der Waals surface area contributed by atoms with Crippen molar-refractivity contribution in [2.24, 2.45) is 19.9 Å². The van der Waals surface area contributed by atoms with Gasteiger partial charge in [0.25, 0.3) is 0 Å². The van der Waals surface area contributed by atoms with E-state index in [4.69, 9.17) is 5.84 Å². The summed E-state index contributed by atoms with van der Waals surface area (Å²) >= 11 is 0. The molecule has 0 radical (unpaired) electrons. The molecule has 1 unspecified atom stereocenters. The topological polar surface area (TPSA) is 73.7 Å². The molecule has 6 nitrogen and oxygen atoms in total. The first kappa shape index (κ1) is 13.8. The molecular formula is C15H20N6. The van der Waals surface area contributed by atoms with Crippen LogP contribution in [-0.4, -0.2) is 19.6 Å². The van der Waals surface area contributed by atoms with Crippen LogP contribution in [-0.2, 0) is 20.5 Å². The van der Waals surface area contributed by atoms with Crippen LogP contribution in [0.1, 0.15) is 23.1 Å². The molecule has 21 heavy (non-hydrogen) atoms. The Morgan fingerprint density at radius 2 is 1.95 bits per heavy atom. The van der Waals surface area contributed by atoms with Crippen LogP contribution in [0.15, 0.2) is 30.3 Å². The van der Waals surface area contributed by atoms with E-state index < -0.39 is 0 Å². The Hall–Kier alpha value is -2.18. The summed E-state index contributed by atoms with van der Waals surface area (Å²) in [6.07, 6.45) is 0.745. The molecule has 0 bridgehead atoms. The Balaban J connectivity index is 2.00. The average Bonchev–Trinajstić information content (AvgIpc) is 2.97. The van der Waals surface area contributed by atoms with E-state index in [1.807, 2.05) is 42.5 Å². The van der Waals surface area contributed by atoms with Crippen molar-refractivity contribution in [3.05, 3.63) is 47.4 Å². The standard InChI is InChI=1S/C15H20N6/c1-10-8-11(20(2)18-10)9-13(17-16)15-12-6-4-5-7-14(12)21(3)19-15/h4-8,13,17H,9,16H2,1-3H3. The second-order valence-corrected chi connectivity index (χ2v) is 5.35. The number of benzene rings is 1. The largest absolute Gasteiger partial charge is 0.272 e. The number of nitrogens with two attached hydrogens (primary N) is 1. The van der Waals surface area contributed by atoms with Crippen LogP contribution in [0.4, 0.5) is 0 Å². The summed E-state index contributed by atoms with van der Waals surface area (Å²) in [5.74, 6) is 5.78. The van der Waals surface area contributed by atoms with Gasteiger partial charge in [0, 0.05) is 31.6 Å². The molecule has 0 saturated heterocycles. The number of hydrogen-bond acceptors (Lipinski definition) is 4. The summed E-state index contributed by atoms with van der Waals surface area (Å²) in [4.78, 5) is 0. The van der Waals surface area contributed by atoms with E-state index in [0.717, 1.165) is 34.4 Å². The number of hydrogen-bond donors (Lipinski definition) is 2. The zero-order valence-electron chi connectivity index (χ0n) is 12.5. The molecule has 0 aliphatic rings. The van der Waals surface area contributed by atoms with Gasteiger partial charge in [-0.2, -0.15) is 10.2 Å². The Bertz CT molecular complexity index is 770. The third kappa shape index (κ3) is 2.43. The maximum absolute atomic E-state index is 5.78. The van der Waals surface area contributed by atoms with Gasteiger partial charge in [-0.3, -0.25) is 20.6 Å². The van der Waals surface area contributed by atoms with Gasteiger partial charge in [0.1, 0.15) is 0 Å². The van der Waals surface area contributed by atoms with Crippen molar-refractivity contribution in [2.45, 2.75) is 19.4 Å². The average molecular weight is 284 g/mol. The van der Waals surface area contributed by atoms with Crippen molar-refractivity contribution in [1.29, 1.82) is 0 Å². The SMILES string of the molecule is Cc1cc(CC(NN)c2nn(C)c3ccccc23)n(C)n1. The Morgan fingerprint density at radius 1 is 1.19 bits per heavy atom. The summed E-state index contributed by atoms with van der Waals surface area (Å²) in [6.45, 7) is 1.99. The van der Waals surface area contributed by atoms with E-state index in [0.29, 0.717) is 0 Å². The van der Waals surface area contributed by atoms with Gasteiger partial charge in [-0.05, 0) is 19.1 Å². The van der Waals surface area contributed by atoms with Crippen molar-refractivity contribution in [3.63, 3.8) is 0 Å². The van der Waals surface area contributed by atoms with E-state index in [1.54, 1.807) is 0 Å². The molecule has 2 heterocycles. The molecular weight excluding hydrogens is 264 g/mol. The van der Waals surface area contributed by atoms with Gasteiger partial charge >= 0.3 is 0 Å². The molecule has 3 aromatic rings. The second kappa shape index (κ2) is 5.31. The molecule has 0 aliphatic carbocycles. The molecule has 3 rings (SSSR count). The van der Waals surface area contributed by atoms with Gasteiger partial charge in [-0.25, -0.2) is 0 Å². The van der Waals surface area contributed by atoms with Gasteiger partial charge in [0.05, 0.1) is 22.9 Å². The van der Waals surface area contributed by atoms with Crippen LogP contribution >= 0.6 is 0 Å². The van der Waals surface area contributed by atoms with E-state index in [-0.39, 0.29) is 6.04 Å². The van der Waals surface area contributed by atoms with E-state index in [1.165, 1.54) is 0 Å².